The van der Waals surface area contributed by atoms with Gasteiger partial charge in [-0.1, -0.05) is 182 Å². The van der Waals surface area contributed by atoms with Crippen LogP contribution in [0.25, 0.3) is 95.0 Å². The maximum Gasteiger partial charge on any atom is 0.164 e. The van der Waals surface area contributed by atoms with Crippen LogP contribution in [-0.4, -0.2) is 19.5 Å². The van der Waals surface area contributed by atoms with E-state index in [1.54, 1.807) is 5.57 Å². The van der Waals surface area contributed by atoms with Gasteiger partial charge in [0.05, 0.1) is 11.0 Å². The van der Waals surface area contributed by atoms with Crippen LogP contribution in [0.2, 0.25) is 0 Å². The second-order valence-corrected chi connectivity index (χ2v) is 18.9. The first kappa shape index (κ1) is 38.7. The van der Waals surface area contributed by atoms with Gasteiger partial charge in [0.1, 0.15) is 0 Å². The van der Waals surface area contributed by atoms with E-state index in [2.05, 4.69) is 213 Å². The Morgan fingerprint density at radius 1 is 0.515 bits per heavy atom. The first-order valence-corrected chi connectivity index (χ1v) is 23.6. The number of aromatic nitrogens is 4. The Bertz CT molecular complexity index is 3550. The van der Waals surface area contributed by atoms with Crippen molar-refractivity contribution in [2.24, 2.45) is 11.8 Å². The zero-order valence-electron chi connectivity index (χ0n) is 37.2. The molecule has 3 aliphatic rings. The molecule has 8 aromatic carbocycles. The average Bonchev–Trinajstić information content (AvgIpc) is 3.86. The lowest BCUT2D eigenvalue weighted by atomic mass is 9.57. The molecule has 3 atom stereocenters. The van der Waals surface area contributed by atoms with Crippen molar-refractivity contribution < 1.29 is 0 Å². The Morgan fingerprint density at radius 3 is 1.91 bits per heavy atom. The summed E-state index contributed by atoms with van der Waals surface area (Å²) in [6.45, 7) is 4.54. The third-order valence-electron chi connectivity index (χ3n) is 14.9. The van der Waals surface area contributed by atoms with Crippen molar-refractivity contribution in [2.45, 2.75) is 44.9 Å². The number of para-hydroxylation sites is 1. The zero-order chi connectivity index (χ0) is 43.9. The lowest BCUT2D eigenvalue weighted by Gasteiger charge is -2.46. The third kappa shape index (κ3) is 6.08. The molecule has 316 valence electrons. The van der Waals surface area contributed by atoms with Crippen LogP contribution in [0.3, 0.4) is 0 Å². The molecule has 0 radical (unpaired) electrons. The minimum absolute atomic E-state index is 0.126. The molecule has 0 N–H and O–H groups in total. The second-order valence-electron chi connectivity index (χ2n) is 18.9. The van der Waals surface area contributed by atoms with Crippen LogP contribution in [0.15, 0.2) is 200 Å². The predicted molar refractivity (Wildman–Crippen MR) is 272 cm³/mol. The van der Waals surface area contributed by atoms with E-state index in [1.807, 2.05) is 0 Å². The second kappa shape index (κ2) is 15.2. The Balaban J connectivity index is 1.05. The number of hydrogen-bond donors (Lipinski definition) is 0. The van der Waals surface area contributed by atoms with Gasteiger partial charge >= 0.3 is 0 Å². The molecule has 3 unspecified atom stereocenters. The molecule has 0 aliphatic heterocycles. The van der Waals surface area contributed by atoms with Crippen molar-refractivity contribution in [3.8, 4) is 73.2 Å². The molecule has 13 rings (SSSR count). The van der Waals surface area contributed by atoms with Crippen molar-refractivity contribution in [2.75, 3.05) is 0 Å². The molecule has 66 heavy (non-hydrogen) atoms. The molecule has 2 heterocycles. The average molecular weight is 849 g/mol. The lowest BCUT2D eigenvalue weighted by molar-refractivity contribution is 0.285. The number of aryl methyl sites for hydroxylation is 1. The smallest absolute Gasteiger partial charge is 0.164 e. The zero-order valence-corrected chi connectivity index (χ0v) is 37.2. The van der Waals surface area contributed by atoms with Crippen LogP contribution < -0.4 is 0 Å². The molecule has 1 fully saturated rings. The van der Waals surface area contributed by atoms with Gasteiger partial charge in [0.25, 0.3) is 0 Å². The van der Waals surface area contributed by atoms with Gasteiger partial charge in [0, 0.05) is 38.6 Å². The maximum absolute atomic E-state index is 5.36. The van der Waals surface area contributed by atoms with Gasteiger partial charge in [-0.15, -0.1) is 0 Å². The van der Waals surface area contributed by atoms with Gasteiger partial charge in [0.15, 0.2) is 17.5 Å². The van der Waals surface area contributed by atoms with Gasteiger partial charge in [-0.05, 0) is 119 Å². The number of benzene rings is 8. The van der Waals surface area contributed by atoms with Crippen molar-refractivity contribution >= 4 is 21.8 Å². The van der Waals surface area contributed by atoms with E-state index in [9.17, 15) is 0 Å². The molecule has 0 saturated heterocycles. The van der Waals surface area contributed by atoms with Crippen molar-refractivity contribution in [1.29, 1.82) is 0 Å². The first-order chi connectivity index (χ1) is 32.5. The lowest BCUT2D eigenvalue weighted by Crippen LogP contribution is -2.37. The largest absolute Gasteiger partial charge is 0.309 e. The van der Waals surface area contributed by atoms with Crippen LogP contribution >= 0.6 is 0 Å². The number of rotatable bonds is 6. The van der Waals surface area contributed by atoms with Gasteiger partial charge in [-0.2, -0.15) is 0 Å². The van der Waals surface area contributed by atoms with Crippen molar-refractivity contribution in [1.82, 2.24) is 19.5 Å². The highest BCUT2D eigenvalue weighted by Crippen LogP contribution is 2.62. The summed E-state index contributed by atoms with van der Waals surface area (Å²) in [4.78, 5) is 15.9. The highest BCUT2D eigenvalue weighted by molar-refractivity contribution is 6.16. The van der Waals surface area contributed by atoms with Crippen LogP contribution in [0.4, 0.5) is 0 Å². The van der Waals surface area contributed by atoms with Gasteiger partial charge < -0.3 is 4.57 Å². The fourth-order valence-electron chi connectivity index (χ4n) is 12.0. The number of allylic oxidation sites excluding steroid dienone is 2. The topological polar surface area (TPSA) is 43.6 Å². The molecule has 2 bridgehead atoms. The summed E-state index contributed by atoms with van der Waals surface area (Å²) in [5.41, 5.74) is 19.6. The minimum atomic E-state index is -0.126. The normalized spacial score (nSPS) is 18.4. The summed E-state index contributed by atoms with van der Waals surface area (Å²) >= 11 is 0. The molecule has 4 nitrogen and oxygen atoms in total. The summed E-state index contributed by atoms with van der Waals surface area (Å²) in [7, 11) is 0. The quantitative estimate of drug-likeness (QED) is 0.157. The maximum atomic E-state index is 5.36. The molecule has 10 aromatic rings. The van der Waals surface area contributed by atoms with Crippen molar-refractivity contribution in [3.05, 3.63) is 216 Å². The third-order valence-corrected chi connectivity index (χ3v) is 14.9. The van der Waals surface area contributed by atoms with E-state index in [4.69, 9.17) is 15.0 Å². The molecule has 2 aromatic heterocycles. The monoisotopic (exact) mass is 848 g/mol. The standard InChI is InChI=1S/C62H48N4/c1-39-23-25-44(26-24-39)59-63-60(45-29-27-43(28-30-45)42-13-5-3-6-14-42)65-61(64-59)52-20-12-22-56-57(52)53-38-46(31-32-55(53)66(56)48-15-7-4-8-16-48)49-18-11-19-51-50-17-9-10-21-54(50)62(58(49)51)34-33-41-35-40(2)36-47(62)37-41/h3-32,36,38,40-41H,33-35,37H2,1-2H3. The van der Waals surface area contributed by atoms with E-state index in [1.165, 1.54) is 69.2 Å². The predicted octanol–water partition coefficient (Wildman–Crippen LogP) is 15.6. The minimum Gasteiger partial charge on any atom is -0.309 e. The molecule has 3 aliphatic carbocycles. The summed E-state index contributed by atoms with van der Waals surface area (Å²) < 4.78 is 2.41. The van der Waals surface area contributed by atoms with Crippen LogP contribution in [0, 0.1) is 18.8 Å². The van der Waals surface area contributed by atoms with Gasteiger partial charge in [0.2, 0.25) is 0 Å². The fraction of sp³-hybridized carbons (Fsp3) is 0.145. The van der Waals surface area contributed by atoms with Crippen LogP contribution in [0.5, 0.6) is 0 Å². The summed E-state index contributed by atoms with van der Waals surface area (Å²) in [5, 5.41) is 2.30. The van der Waals surface area contributed by atoms with Crippen LogP contribution in [-0.2, 0) is 5.41 Å². The van der Waals surface area contributed by atoms with E-state index < -0.39 is 0 Å². The molecular formula is C62H48N4. The summed E-state index contributed by atoms with van der Waals surface area (Å²) in [5.74, 6) is 3.30. The molecule has 1 saturated carbocycles. The fourth-order valence-corrected chi connectivity index (χ4v) is 12.0. The highest BCUT2D eigenvalue weighted by atomic mass is 15.0. The van der Waals surface area contributed by atoms with E-state index in [-0.39, 0.29) is 5.41 Å². The molecule has 0 amide bonds. The van der Waals surface area contributed by atoms with Gasteiger partial charge in [-0.3, -0.25) is 0 Å². The van der Waals surface area contributed by atoms with Gasteiger partial charge in [-0.25, -0.2) is 15.0 Å². The summed E-state index contributed by atoms with van der Waals surface area (Å²) in [6.07, 6.45) is 7.54. The Morgan fingerprint density at radius 2 is 1.12 bits per heavy atom. The highest BCUT2D eigenvalue weighted by Gasteiger charge is 2.50. The molecular weight excluding hydrogens is 801 g/mol. The van der Waals surface area contributed by atoms with E-state index >= 15 is 0 Å². The Kier molecular flexibility index (Phi) is 8.93. The number of fused-ring (bicyclic) bond motifs is 11. The Hall–Kier alpha value is -7.69. The molecule has 1 spiro atoms. The number of nitrogens with zero attached hydrogens (tertiary/aromatic N) is 4. The van der Waals surface area contributed by atoms with Crippen molar-refractivity contribution in [3.63, 3.8) is 0 Å². The first-order valence-electron chi connectivity index (χ1n) is 23.6. The van der Waals surface area contributed by atoms with E-state index in [0.717, 1.165) is 56.7 Å². The van der Waals surface area contributed by atoms with E-state index in [0.29, 0.717) is 23.4 Å². The Labute approximate surface area is 386 Å². The van der Waals surface area contributed by atoms with Crippen LogP contribution in [0.1, 0.15) is 49.3 Å². The SMILES string of the molecule is Cc1ccc(-c2nc(-c3ccc(-c4ccccc4)cc3)nc(-c3cccc4c3c3cc(-c5cccc6c5C5(CCC7CC5=CC(C)C7)c5ccccc5-6)ccc3n4-c3ccccc3)n2)cc1. The molecule has 4 heteroatoms. The summed E-state index contributed by atoms with van der Waals surface area (Å²) in [6, 6.07) is 68.4. The number of hydrogen-bond acceptors (Lipinski definition) is 3.